The summed E-state index contributed by atoms with van der Waals surface area (Å²) in [6.45, 7) is 2.10. The SMILES string of the molecule is O=c1nc(N2CCN[C@@H]3CSC[C@@H]32)c2cc(Cl)c(-c3ccc(F)cc3F)c3c2n1CCS3. The minimum Gasteiger partial charge on any atom is -0.349 e. The first-order valence-corrected chi connectivity index (χ1v) is 13.0. The van der Waals surface area contributed by atoms with Crippen molar-refractivity contribution in [2.75, 3.05) is 35.2 Å². The third-order valence-corrected chi connectivity index (χ3v) is 8.94. The zero-order valence-electron chi connectivity index (χ0n) is 16.9. The zero-order valence-corrected chi connectivity index (χ0v) is 19.3. The number of nitrogens with zero attached hydrogens (tertiary/aromatic N) is 3. The normalized spacial score (nSPS) is 22.4. The Balaban J connectivity index is 1.63. The number of anilines is 1. The van der Waals surface area contributed by atoms with Gasteiger partial charge in [-0.25, -0.2) is 13.6 Å². The van der Waals surface area contributed by atoms with Crippen molar-refractivity contribution in [1.29, 1.82) is 0 Å². The summed E-state index contributed by atoms with van der Waals surface area (Å²) in [4.78, 5) is 20.6. The third kappa shape index (κ3) is 3.16. The molecule has 0 saturated carbocycles. The van der Waals surface area contributed by atoms with Gasteiger partial charge >= 0.3 is 5.69 Å². The number of piperazine rings is 1. The quantitative estimate of drug-likeness (QED) is 0.583. The summed E-state index contributed by atoms with van der Waals surface area (Å²) in [5.74, 6) is 1.98. The number of hydrogen-bond acceptors (Lipinski definition) is 6. The van der Waals surface area contributed by atoms with Gasteiger partial charge in [0.15, 0.2) is 0 Å². The molecule has 0 bridgehead atoms. The van der Waals surface area contributed by atoms with Crippen LogP contribution in [0.3, 0.4) is 0 Å². The Kier molecular flexibility index (Phi) is 5.13. The monoisotopic (exact) mass is 492 g/mol. The fourth-order valence-corrected chi connectivity index (χ4v) is 7.90. The Hall–Kier alpha value is -1.81. The molecule has 32 heavy (non-hydrogen) atoms. The number of thioether (sulfide) groups is 2. The highest BCUT2D eigenvalue weighted by Crippen LogP contribution is 2.46. The van der Waals surface area contributed by atoms with E-state index in [1.54, 1.807) is 22.4 Å². The second-order valence-corrected chi connectivity index (χ2v) is 10.7. The molecule has 3 aliphatic heterocycles. The molecule has 4 heterocycles. The van der Waals surface area contributed by atoms with Gasteiger partial charge in [0.1, 0.15) is 17.5 Å². The van der Waals surface area contributed by atoms with E-state index >= 15 is 0 Å². The maximum Gasteiger partial charge on any atom is 0.350 e. The van der Waals surface area contributed by atoms with E-state index < -0.39 is 11.6 Å². The van der Waals surface area contributed by atoms with Gasteiger partial charge in [0.2, 0.25) is 0 Å². The van der Waals surface area contributed by atoms with Crippen LogP contribution in [-0.4, -0.2) is 52.0 Å². The van der Waals surface area contributed by atoms with Gasteiger partial charge in [-0.1, -0.05) is 11.6 Å². The fraction of sp³-hybridized carbons (Fsp3) is 0.364. The predicted molar refractivity (Wildman–Crippen MR) is 127 cm³/mol. The number of halogens is 3. The molecule has 0 aliphatic carbocycles. The van der Waals surface area contributed by atoms with Gasteiger partial charge in [0.25, 0.3) is 0 Å². The lowest BCUT2D eigenvalue weighted by molar-refractivity contribution is 0.423. The first kappa shape index (κ1) is 20.8. The van der Waals surface area contributed by atoms with Crippen LogP contribution >= 0.6 is 35.1 Å². The summed E-state index contributed by atoms with van der Waals surface area (Å²) in [5, 5.41) is 4.74. The Morgan fingerprint density at radius 3 is 2.91 bits per heavy atom. The third-order valence-electron chi connectivity index (χ3n) is 6.39. The van der Waals surface area contributed by atoms with Crippen molar-refractivity contribution in [2.24, 2.45) is 0 Å². The van der Waals surface area contributed by atoms with Crippen molar-refractivity contribution in [2.45, 2.75) is 23.5 Å². The molecule has 10 heteroatoms. The summed E-state index contributed by atoms with van der Waals surface area (Å²) in [7, 11) is 0. The molecule has 0 unspecified atom stereocenters. The van der Waals surface area contributed by atoms with Gasteiger partial charge in [0.05, 0.1) is 16.6 Å². The molecular weight excluding hydrogens is 474 g/mol. The van der Waals surface area contributed by atoms with Crippen LogP contribution in [0.25, 0.3) is 22.0 Å². The van der Waals surface area contributed by atoms with Gasteiger partial charge < -0.3 is 10.2 Å². The van der Waals surface area contributed by atoms with Crippen LogP contribution in [0, 0.1) is 11.6 Å². The molecular formula is C22H19ClF2N4OS2. The largest absolute Gasteiger partial charge is 0.350 e. The van der Waals surface area contributed by atoms with E-state index in [4.69, 9.17) is 11.6 Å². The lowest BCUT2D eigenvalue weighted by Crippen LogP contribution is -2.58. The highest BCUT2D eigenvalue weighted by Gasteiger charge is 2.38. The summed E-state index contributed by atoms with van der Waals surface area (Å²) in [6.07, 6.45) is 0. The molecule has 6 rings (SSSR count). The Bertz CT molecular complexity index is 1320. The highest BCUT2D eigenvalue weighted by molar-refractivity contribution is 7.99. The highest BCUT2D eigenvalue weighted by atomic mass is 35.5. The second kappa shape index (κ2) is 7.90. The van der Waals surface area contributed by atoms with E-state index in [1.165, 1.54) is 12.1 Å². The number of fused-ring (bicyclic) bond motifs is 1. The molecule has 0 radical (unpaired) electrons. The number of nitrogens with one attached hydrogen (secondary N) is 1. The average Bonchev–Trinajstić information content (AvgIpc) is 3.26. The van der Waals surface area contributed by atoms with E-state index in [1.807, 2.05) is 11.8 Å². The second-order valence-electron chi connectivity index (χ2n) is 8.16. The number of hydrogen-bond donors (Lipinski definition) is 1. The lowest BCUT2D eigenvalue weighted by Gasteiger charge is -2.39. The minimum absolute atomic E-state index is 0.231. The van der Waals surface area contributed by atoms with E-state index in [9.17, 15) is 13.6 Å². The molecule has 5 nitrogen and oxygen atoms in total. The predicted octanol–water partition coefficient (Wildman–Crippen LogP) is 3.99. The Morgan fingerprint density at radius 1 is 1.19 bits per heavy atom. The zero-order chi connectivity index (χ0) is 22.0. The smallest absolute Gasteiger partial charge is 0.349 e. The number of rotatable bonds is 2. The molecule has 0 amide bonds. The van der Waals surface area contributed by atoms with Gasteiger partial charge in [0, 0.05) is 70.4 Å². The molecule has 0 spiro atoms. The first-order valence-electron chi connectivity index (χ1n) is 10.5. The standard InChI is InChI=1S/C22H19ClF2N4OS2/c23-14-8-13-19-20(18(14)12-2-1-11(24)7-15(12)25)32-6-5-29(19)22(30)27-21(13)28-4-3-26-16-9-31-10-17(16)28/h1-2,7-8,16-17,26H,3-6,9-10H2/t16-,17+/m1/s1. The van der Waals surface area contributed by atoms with Crippen molar-refractivity contribution in [3.63, 3.8) is 0 Å². The Labute approximate surface area is 196 Å². The van der Waals surface area contributed by atoms with Crippen LogP contribution in [0.5, 0.6) is 0 Å². The minimum atomic E-state index is -0.676. The summed E-state index contributed by atoms with van der Waals surface area (Å²) < 4.78 is 30.0. The van der Waals surface area contributed by atoms with Crippen LogP contribution in [0.4, 0.5) is 14.6 Å². The molecule has 1 N–H and O–H groups in total. The average molecular weight is 493 g/mol. The topological polar surface area (TPSA) is 50.2 Å². The summed E-state index contributed by atoms with van der Waals surface area (Å²) in [5.41, 5.74) is 1.17. The molecule has 2 aromatic carbocycles. The van der Waals surface area contributed by atoms with Crippen molar-refractivity contribution in [1.82, 2.24) is 14.9 Å². The van der Waals surface area contributed by atoms with Crippen molar-refractivity contribution in [3.8, 4) is 11.1 Å². The van der Waals surface area contributed by atoms with Crippen LogP contribution in [0.15, 0.2) is 34.0 Å². The van der Waals surface area contributed by atoms with Crippen molar-refractivity contribution >= 4 is 51.8 Å². The molecule has 2 atom stereocenters. The van der Waals surface area contributed by atoms with Crippen LogP contribution < -0.4 is 15.9 Å². The maximum atomic E-state index is 14.7. The van der Waals surface area contributed by atoms with Gasteiger partial charge in [-0.3, -0.25) is 4.57 Å². The number of aromatic nitrogens is 2. The van der Waals surface area contributed by atoms with E-state index in [0.717, 1.165) is 46.5 Å². The fourth-order valence-electron chi connectivity index (χ4n) is 4.96. The van der Waals surface area contributed by atoms with Crippen LogP contribution in [0.1, 0.15) is 0 Å². The molecule has 2 saturated heterocycles. The maximum absolute atomic E-state index is 14.7. The molecule has 1 aromatic heterocycles. The molecule has 3 aromatic rings. The van der Waals surface area contributed by atoms with E-state index in [-0.39, 0.29) is 17.3 Å². The number of benzene rings is 2. The first-order chi connectivity index (χ1) is 15.5. The van der Waals surface area contributed by atoms with E-state index in [2.05, 4.69) is 15.2 Å². The molecule has 2 fully saturated rings. The van der Waals surface area contributed by atoms with Gasteiger partial charge in [-0.2, -0.15) is 16.7 Å². The summed E-state index contributed by atoms with van der Waals surface area (Å²) in [6, 6.07) is 5.90. The van der Waals surface area contributed by atoms with Gasteiger partial charge in [-0.05, 0) is 18.2 Å². The number of aryl methyl sites for hydroxylation is 1. The lowest BCUT2D eigenvalue weighted by atomic mass is 10.0. The summed E-state index contributed by atoms with van der Waals surface area (Å²) >= 11 is 10.2. The Morgan fingerprint density at radius 2 is 2.06 bits per heavy atom. The van der Waals surface area contributed by atoms with Gasteiger partial charge in [-0.15, -0.1) is 11.8 Å². The van der Waals surface area contributed by atoms with Crippen LogP contribution in [-0.2, 0) is 6.54 Å². The molecule has 166 valence electrons. The van der Waals surface area contributed by atoms with E-state index in [0.29, 0.717) is 34.7 Å². The van der Waals surface area contributed by atoms with Crippen molar-refractivity contribution in [3.05, 3.63) is 51.4 Å². The molecule has 3 aliphatic rings. The van der Waals surface area contributed by atoms with Crippen LogP contribution in [0.2, 0.25) is 5.02 Å². The van der Waals surface area contributed by atoms with Crippen molar-refractivity contribution < 1.29 is 8.78 Å².